The molecule has 5 nitrogen and oxygen atoms in total. The van der Waals surface area contributed by atoms with E-state index in [-0.39, 0.29) is 31.4 Å². The molecular formula is C21H28Cl3N3O2. The maximum atomic E-state index is 10.7. The lowest BCUT2D eigenvalue weighted by molar-refractivity contribution is -0.122. The number of carbonyl (C=O) groups is 1. The van der Waals surface area contributed by atoms with E-state index in [1.807, 2.05) is 24.3 Å². The van der Waals surface area contributed by atoms with Gasteiger partial charge in [-0.3, -0.25) is 14.6 Å². The molecule has 1 saturated heterocycles. The van der Waals surface area contributed by atoms with Crippen LogP contribution in [0.4, 0.5) is 0 Å². The van der Waals surface area contributed by atoms with Crippen LogP contribution in [-0.4, -0.2) is 61.6 Å². The number of carbonyl (C=O) groups excluding carboxylic acids is 1. The number of amides is 1. The Bertz CT molecular complexity index is 751. The minimum Gasteiger partial charge on any atom is -0.370 e. The minimum atomic E-state index is -0.416. The third kappa shape index (κ3) is 8.13. The third-order valence-corrected chi connectivity index (χ3v) is 5.14. The van der Waals surface area contributed by atoms with E-state index < -0.39 is 5.91 Å². The molecule has 0 aromatic heterocycles. The van der Waals surface area contributed by atoms with Crippen molar-refractivity contribution in [1.82, 2.24) is 9.80 Å². The van der Waals surface area contributed by atoms with Crippen molar-refractivity contribution < 1.29 is 9.53 Å². The molecule has 160 valence electrons. The Hall–Kier alpha value is -1.34. The van der Waals surface area contributed by atoms with Crippen LogP contribution in [0.2, 0.25) is 5.02 Å². The van der Waals surface area contributed by atoms with E-state index in [2.05, 4.69) is 34.1 Å². The summed E-state index contributed by atoms with van der Waals surface area (Å²) < 4.78 is 5.24. The quantitative estimate of drug-likeness (QED) is 0.613. The molecule has 0 aliphatic carbocycles. The van der Waals surface area contributed by atoms with Crippen molar-refractivity contribution in [1.29, 1.82) is 0 Å². The smallest absolute Gasteiger partial charge is 0.243 e. The standard InChI is InChI=1S/C21H26ClN3O2.2ClH/c22-20-4-2-1-3-19(20)18-7-5-17(6-8-18)15-25-11-9-24(10-12-25)13-14-27-16-21(23)26;;/h1-8H,9-16H2,(H2,23,26);2*1H. The molecule has 2 aromatic carbocycles. The van der Waals surface area contributed by atoms with Crippen LogP contribution in [0.5, 0.6) is 0 Å². The number of nitrogens with zero attached hydrogens (tertiary/aromatic N) is 2. The maximum absolute atomic E-state index is 10.7. The van der Waals surface area contributed by atoms with Crippen LogP contribution in [0.3, 0.4) is 0 Å². The molecule has 1 heterocycles. The van der Waals surface area contributed by atoms with Gasteiger partial charge in [-0.15, -0.1) is 24.8 Å². The number of rotatable bonds is 8. The predicted molar refractivity (Wildman–Crippen MR) is 123 cm³/mol. The van der Waals surface area contributed by atoms with Gasteiger partial charge in [0.05, 0.1) is 6.61 Å². The Labute approximate surface area is 190 Å². The average molecular weight is 461 g/mol. The molecule has 0 saturated carbocycles. The highest BCUT2D eigenvalue weighted by molar-refractivity contribution is 6.33. The molecule has 0 spiro atoms. The first kappa shape index (κ1) is 25.7. The first-order chi connectivity index (χ1) is 13.1. The summed E-state index contributed by atoms with van der Waals surface area (Å²) in [6.07, 6.45) is 0. The maximum Gasteiger partial charge on any atom is 0.243 e. The van der Waals surface area contributed by atoms with Gasteiger partial charge in [0.1, 0.15) is 6.61 Å². The Morgan fingerprint density at radius 1 is 0.966 bits per heavy atom. The second-order valence-corrected chi connectivity index (χ2v) is 7.22. The molecule has 2 aromatic rings. The summed E-state index contributed by atoms with van der Waals surface area (Å²) in [7, 11) is 0. The number of ether oxygens (including phenoxy) is 1. The zero-order valence-electron chi connectivity index (χ0n) is 16.3. The van der Waals surface area contributed by atoms with E-state index in [9.17, 15) is 4.79 Å². The van der Waals surface area contributed by atoms with Gasteiger partial charge in [0.2, 0.25) is 5.91 Å². The van der Waals surface area contributed by atoms with E-state index in [0.717, 1.165) is 55.4 Å². The van der Waals surface area contributed by atoms with Crippen molar-refractivity contribution in [3.63, 3.8) is 0 Å². The highest BCUT2D eigenvalue weighted by Crippen LogP contribution is 2.27. The van der Waals surface area contributed by atoms with Crippen LogP contribution in [0, 0.1) is 0 Å². The van der Waals surface area contributed by atoms with Gasteiger partial charge in [-0.25, -0.2) is 0 Å². The number of hydrogen-bond acceptors (Lipinski definition) is 4. The second kappa shape index (κ2) is 13.1. The van der Waals surface area contributed by atoms with E-state index in [0.29, 0.717) is 6.61 Å². The average Bonchev–Trinajstić information content (AvgIpc) is 2.67. The Balaban J connectivity index is 0.00000210. The van der Waals surface area contributed by atoms with Crippen LogP contribution in [-0.2, 0) is 16.1 Å². The SMILES string of the molecule is Cl.Cl.NC(=O)COCCN1CCN(Cc2ccc(-c3ccccc3Cl)cc2)CC1. The molecule has 2 N–H and O–H groups in total. The second-order valence-electron chi connectivity index (χ2n) is 6.81. The Morgan fingerprint density at radius 2 is 1.59 bits per heavy atom. The Kier molecular flexibility index (Phi) is 11.6. The summed E-state index contributed by atoms with van der Waals surface area (Å²) in [6.45, 7) is 6.43. The van der Waals surface area contributed by atoms with Gasteiger partial charge in [0.25, 0.3) is 0 Å². The van der Waals surface area contributed by atoms with Gasteiger partial charge in [-0.1, -0.05) is 54.1 Å². The molecule has 1 aliphatic heterocycles. The van der Waals surface area contributed by atoms with Crippen LogP contribution >= 0.6 is 36.4 Å². The van der Waals surface area contributed by atoms with Crippen molar-refractivity contribution in [3.8, 4) is 11.1 Å². The van der Waals surface area contributed by atoms with Crippen LogP contribution in [0.1, 0.15) is 5.56 Å². The highest BCUT2D eigenvalue weighted by atomic mass is 35.5. The number of piperazine rings is 1. The van der Waals surface area contributed by atoms with Gasteiger partial charge in [0, 0.05) is 49.9 Å². The zero-order valence-corrected chi connectivity index (χ0v) is 18.6. The van der Waals surface area contributed by atoms with Gasteiger partial charge >= 0.3 is 0 Å². The summed E-state index contributed by atoms with van der Waals surface area (Å²) in [6, 6.07) is 16.6. The summed E-state index contributed by atoms with van der Waals surface area (Å²) in [5, 5.41) is 0.779. The monoisotopic (exact) mass is 459 g/mol. The molecule has 0 unspecified atom stereocenters. The van der Waals surface area contributed by atoms with Gasteiger partial charge in [-0.05, 0) is 17.2 Å². The molecule has 1 fully saturated rings. The molecule has 0 atom stereocenters. The molecule has 1 amide bonds. The molecule has 0 bridgehead atoms. The van der Waals surface area contributed by atoms with Crippen molar-refractivity contribution in [2.75, 3.05) is 45.9 Å². The summed E-state index contributed by atoms with van der Waals surface area (Å²) in [4.78, 5) is 15.5. The molecule has 29 heavy (non-hydrogen) atoms. The van der Waals surface area contributed by atoms with E-state index in [1.165, 1.54) is 5.56 Å². The number of hydrogen-bond donors (Lipinski definition) is 1. The van der Waals surface area contributed by atoms with E-state index in [1.54, 1.807) is 0 Å². The largest absolute Gasteiger partial charge is 0.370 e. The lowest BCUT2D eigenvalue weighted by Gasteiger charge is -2.34. The van der Waals surface area contributed by atoms with Gasteiger partial charge in [0.15, 0.2) is 0 Å². The van der Waals surface area contributed by atoms with Crippen molar-refractivity contribution in [2.45, 2.75) is 6.54 Å². The van der Waals surface area contributed by atoms with E-state index in [4.69, 9.17) is 22.1 Å². The number of primary amides is 1. The molecule has 1 aliphatic rings. The normalized spacial score (nSPS) is 14.7. The topological polar surface area (TPSA) is 58.8 Å². The Morgan fingerprint density at radius 3 is 2.21 bits per heavy atom. The van der Waals surface area contributed by atoms with Crippen molar-refractivity contribution in [2.24, 2.45) is 5.73 Å². The van der Waals surface area contributed by atoms with Crippen LogP contribution in [0.25, 0.3) is 11.1 Å². The molecule has 8 heteroatoms. The number of halogens is 3. The highest BCUT2D eigenvalue weighted by Gasteiger charge is 2.16. The summed E-state index contributed by atoms with van der Waals surface area (Å²) in [5.41, 5.74) is 8.58. The number of nitrogens with two attached hydrogens (primary N) is 1. The first-order valence-electron chi connectivity index (χ1n) is 9.26. The molecular weight excluding hydrogens is 433 g/mol. The third-order valence-electron chi connectivity index (χ3n) is 4.81. The fraction of sp³-hybridized carbons (Fsp3) is 0.381. The van der Waals surface area contributed by atoms with Crippen molar-refractivity contribution in [3.05, 3.63) is 59.1 Å². The number of benzene rings is 2. The molecule has 0 radical (unpaired) electrons. The lowest BCUT2D eigenvalue weighted by Crippen LogP contribution is -2.46. The fourth-order valence-corrected chi connectivity index (χ4v) is 3.53. The predicted octanol–water partition coefficient (Wildman–Crippen LogP) is 3.47. The van der Waals surface area contributed by atoms with Crippen LogP contribution < -0.4 is 5.73 Å². The molecule has 3 rings (SSSR count). The van der Waals surface area contributed by atoms with E-state index >= 15 is 0 Å². The fourth-order valence-electron chi connectivity index (χ4n) is 3.28. The lowest BCUT2D eigenvalue weighted by atomic mass is 10.0. The summed E-state index contributed by atoms with van der Waals surface area (Å²) >= 11 is 6.28. The minimum absolute atomic E-state index is 0. The van der Waals surface area contributed by atoms with Crippen LogP contribution in [0.15, 0.2) is 48.5 Å². The van der Waals surface area contributed by atoms with Gasteiger partial charge < -0.3 is 10.5 Å². The first-order valence-corrected chi connectivity index (χ1v) is 9.64. The van der Waals surface area contributed by atoms with Gasteiger partial charge in [-0.2, -0.15) is 0 Å². The zero-order chi connectivity index (χ0) is 19.1. The summed E-state index contributed by atoms with van der Waals surface area (Å²) in [5.74, 6) is -0.416. The van der Waals surface area contributed by atoms with Crippen molar-refractivity contribution >= 4 is 42.3 Å².